The van der Waals surface area contributed by atoms with Crippen LogP contribution in [0.3, 0.4) is 0 Å². The topological polar surface area (TPSA) is 83.2 Å². The van der Waals surface area contributed by atoms with Crippen molar-refractivity contribution in [2.45, 2.75) is 6.42 Å². The number of nitrogens with two attached hydrogens (primary N) is 1. The molecule has 2 rings (SSSR count). The molecule has 0 saturated carbocycles. The van der Waals surface area contributed by atoms with Gasteiger partial charge in [-0.25, -0.2) is 5.84 Å². The average Bonchev–Trinajstić information content (AvgIpc) is 2.97. The number of hydrogen-bond donors (Lipinski definition) is 2. The number of rotatable bonds is 6. The Labute approximate surface area is 122 Å². The molecule has 0 aromatic carbocycles. The maximum Gasteiger partial charge on any atom is 0.243 e. The molecule has 2 aromatic heterocycles. The van der Waals surface area contributed by atoms with E-state index >= 15 is 0 Å². The van der Waals surface area contributed by atoms with E-state index in [0.717, 1.165) is 13.0 Å². The van der Waals surface area contributed by atoms with E-state index in [2.05, 4.69) is 37.9 Å². The minimum Gasteiger partial charge on any atom is -0.347 e. The van der Waals surface area contributed by atoms with Crippen LogP contribution in [0.5, 0.6) is 0 Å². The number of nitrogen functional groups attached to an aromatic ring is 1. The lowest BCUT2D eigenvalue weighted by molar-refractivity contribution is 0.828. The summed E-state index contributed by atoms with van der Waals surface area (Å²) < 4.78 is 0. The zero-order valence-electron chi connectivity index (χ0n) is 11.9. The van der Waals surface area contributed by atoms with Gasteiger partial charge in [0.2, 0.25) is 17.8 Å². The third-order valence-corrected chi connectivity index (χ3v) is 3.69. The van der Waals surface area contributed by atoms with Crippen LogP contribution in [0.1, 0.15) is 4.88 Å². The first-order valence-corrected chi connectivity index (χ1v) is 7.11. The number of hydrazine groups is 1. The van der Waals surface area contributed by atoms with Gasteiger partial charge in [-0.05, 0) is 17.9 Å². The van der Waals surface area contributed by atoms with Crippen LogP contribution in [0.25, 0.3) is 0 Å². The Morgan fingerprint density at radius 1 is 1.20 bits per heavy atom. The minimum atomic E-state index is 0.363. The van der Waals surface area contributed by atoms with Gasteiger partial charge in [0.25, 0.3) is 0 Å². The molecule has 0 aliphatic heterocycles. The maximum absolute atomic E-state index is 5.40. The summed E-state index contributed by atoms with van der Waals surface area (Å²) in [6.45, 7) is 0.835. The second-order valence-corrected chi connectivity index (χ2v) is 5.58. The molecular weight excluding hydrogens is 274 g/mol. The molecule has 0 fully saturated rings. The number of likely N-dealkylation sites (N-methyl/N-ethyl adjacent to an activating group) is 1. The Hall–Kier alpha value is -1.93. The maximum atomic E-state index is 5.40. The fourth-order valence-corrected chi connectivity index (χ4v) is 2.32. The number of hydrogen-bond acceptors (Lipinski definition) is 8. The molecule has 0 bridgehead atoms. The fourth-order valence-electron chi connectivity index (χ4n) is 1.62. The Bertz CT molecular complexity index is 541. The van der Waals surface area contributed by atoms with Crippen molar-refractivity contribution < 1.29 is 0 Å². The monoisotopic (exact) mass is 293 g/mol. The third kappa shape index (κ3) is 3.55. The van der Waals surface area contributed by atoms with E-state index in [1.54, 1.807) is 11.3 Å². The second kappa shape index (κ2) is 6.49. The Kier molecular flexibility index (Phi) is 4.70. The lowest BCUT2D eigenvalue weighted by Gasteiger charge is -2.19. The molecule has 7 nitrogen and oxygen atoms in total. The molecule has 0 aliphatic carbocycles. The van der Waals surface area contributed by atoms with Gasteiger partial charge in [-0.2, -0.15) is 15.0 Å². The zero-order valence-corrected chi connectivity index (χ0v) is 12.7. The van der Waals surface area contributed by atoms with Gasteiger partial charge in [-0.1, -0.05) is 6.07 Å². The number of anilines is 3. The predicted molar refractivity (Wildman–Crippen MR) is 83.3 cm³/mol. The highest BCUT2D eigenvalue weighted by atomic mass is 32.1. The third-order valence-electron chi connectivity index (χ3n) is 2.76. The van der Waals surface area contributed by atoms with E-state index in [9.17, 15) is 0 Å². The average molecular weight is 293 g/mol. The molecule has 0 atom stereocenters. The van der Waals surface area contributed by atoms with Crippen molar-refractivity contribution in [2.75, 3.05) is 42.9 Å². The molecule has 20 heavy (non-hydrogen) atoms. The van der Waals surface area contributed by atoms with Crippen LogP contribution >= 0.6 is 11.3 Å². The van der Waals surface area contributed by atoms with Crippen molar-refractivity contribution in [1.82, 2.24) is 15.0 Å². The molecule has 0 unspecified atom stereocenters. The molecular formula is C12H19N7S. The molecule has 0 radical (unpaired) electrons. The Morgan fingerprint density at radius 2 is 1.95 bits per heavy atom. The van der Waals surface area contributed by atoms with Crippen LogP contribution in [0, 0.1) is 0 Å². The van der Waals surface area contributed by atoms with Crippen molar-refractivity contribution in [2.24, 2.45) is 5.84 Å². The van der Waals surface area contributed by atoms with Crippen LogP contribution in [-0.2, 0) is 6.42 Å². The van der Waals surface area contributed by atoms with E-state index in [4.69, 9.17) is 5.84 Å². The minimum absolute atomic E-state index is 0.363. The van der Waals surface area contributed by atoms with E-state index in [-0.39, 0.29) is 0 Å². The van der Waals surface area contributed by atoms with Crippen LogP contribution in [0.4, 0.5) is 17.8 Å². The first kappa shape index (κ1) is 14.5. The van der Waals surface area contributed by atoms with Crippen molar-refractivity contribution in [3.8, 4) is 0 Å². The summed E-state index contributed by atoms with van der Waals surface area (Å²) in [5.74, 6) is 6.94. The molecule has 0 saturated heterocycles. The van der Waals surface area contributed by atoms with Crippen molar-refractivity contribution in [1.29, 1.82) is 0 Å². The molecule has 0 aliphatic rings. The quantitative estimate of drug-likeness (QED) is 0.606. The predicted octanol–water partition coefficient (Wildman–Crippen LogP) is 0.964. The molecule has 2 heterocycles. The number of nitrogens with zero attached hydrogens (tertiary/aromatic N) is 5. The van der Waals surface area contributed by atoms with Crippen LogP contribution in [0.2, 0.25) is 0 Å². The van der Waals surface area contributed by atoms with Crippen molar-refractivity contribution in [3.63, 3.8) is 0 Å². The second-order valence-electron chi connectivity index (χ2n) is 4.55. The molecule has 8 heteroatoms. The normalized spacial score (nSPS) is 10.4. The van der Waals surface area contributed by atoms with Gasteiger partial charge in [0.05, 0.1) is 0 Å². The number of aromatic nitrogens is 3. The summed E-state index contributed by atoms with van der Waals surface area (Å²) >= 11 is 1.76. The Morgan fingerprint density at radius 3 is 2.55 bits per heavy atom. The first-order chi connectivity index (χ1) is 9.60. The summed E-state index contributed by atoms with van der Waals surface area (Å²) in [5, 5.41) is 2.08. The van der Waals surface area contributed by atoms with E-state index in [1.807, 2.05) is 30.9 Å². The lowest BCUT2D eigenvalue weighted by Crippen LogP contribution is -2.25. The van der Waals surface area contributed by atoms with Gasteiger partial charge in [0.15, 0.2) is 0 Å². The van der Waals surface area contributed by atoms with Crippen LogP contribution in [0.15, 0.2) is 17.5 Å². The van der Waals surface area contributed by atoms with Gasteiger partial charge in [0.1, 0.15) is 0 Å². The molecule has 0 amide bonds. The van der Waals surface area contributed by atoms with Crippen molar-refractivity contribution >= 4 is 29.2 Å². The SMILES string of the molecule is CN(C)c1nc(NN)nc(N(C)CCc2cccs2)n1. The van der Waals surface area contributed by atoms with E-state index in [0.29, 0.717) is 17.8 Å². The van der Waals surface area contributed by atoms with Crippen LogP contribution < -0.4 is 21.1 Å². The van der Waals surface area contributed by atoms with Gasteiger partial charge in [-0.3, -0.25) is 5.43 Å². The molecule has 2 aromatic rings. The summed E-state index contributed by atoms with van der Waals surface area (Å²) in [4.78, 5) is 18.0. The van der Waals surface area contributed by atoms with Gasteiger partial charge in [0, 0.05) is 32.6 Å². The fraction of sp³-hybridized carbons (Fsp3) is 0.417. The molecule has 108 valence electrons. The highest BCUT2D eigenvalue weighted by Crippen LogP contribution is 2.15. The van der Waals surface area contributed by atoms with E-state index < -0.39 is 0 Å². The summed E-state index contributed by atoms with van der Waals surface area (Å²) in [6, 6.07) is 4.19. The van der Waals surface area contributed by atoms with Crippen molar-refractivity contribution in [3.05, 3.63) is 22.4 Å². The van der Waals surface area contributed by atoms with Gasteiger partial charge >= 0.3 is 0 Å². The molecule has 0 spiro atoms. The van der Waals surface area contributed by atoms with E-state index in [1.165, 1.54) is 4.88 Å². The standard InChI is InChI=1S/C12H19N7S/c1-18(2)11-14-10(17-13)15-12(16-11)19(3)7-6-9-5-4-8-20-9/h4-5,8H,6-7,13H2,1-3H3,(H,14,15,16,17). The lowest BCUT2D eigenvalue weighted by atomic mass is 10.3. The number of nitrogens with one attached hydrogen (secondary N) is 1. The Balaban J connectivity index is 2.11. The summed E-state index contributed by atoms with van der Waals surface area (Å²) in [7, 11) is 5.72. The summed E-state index contributed by atoms with van der Waals surface area (Å²) in [5.41, 5.74) is 2.47. The van der Waals surface area contributed by atoms with Gasteiger partial charge in [-0.15, -0.1) is 11.3 Å². The zero-order chi connectivity index (χ0) is 14.5. The van der Waals surface area contributed by atoms with Crippen LogP contribution in [-0.4, -0.2) is 42.6 Å². The first-order valence-electron chi connectivity index (χ1n) is 6.23. The summed E-state index contributed by atoms with van der Waals surface area (Å²) in [6.07, 6.45) is 0.961. The largest absolute Gasteiger partial charge is 0.347 e. The number of thiophene rings is 1. The highest BCUT2D eigenvalue weighted by Gasteiger charge is 2.11. The molecule has 3 N–H and O–H groups in total. The van der Waals surface area contributed by atoms with Gasteiger partial charge < -0.3 is 9.80 Å². The smallest absolute Gasteiger partial charge is 0.243 e. The highest BCUT2D eigenvalue weighted by molar-refractivity contribution is 7.09.